The van der Waals surface area contributed by atoms with Gasteiger partial charge >= 0.3 is 0 Å². The Balaban J connectivity index is 1.86. The third-order valence-electron chi connectivity index (χ3n) is 4.64. The molecule has 1 N–H and O–H groups in total. The maximum atomic E-state index is 5.21. The predicted octanol–water partition coefficient (Wildman–Crippen LogP) is 3.08. The van der Waals surface area contributed by atoms with Gasteiger partial charge in [0.05, 0.1) is 7.11 Å². The Hall–Kier alpha value is -1.06. The monoisotopic (exact) mass is 276 g/mol. The second-order valence-corrected chi connectivity index (χ2v) is 6.49. The average molecular weight is 276 g/mol. The van der Waals surface area contributed by atoms with E-state index in [4.69, 9.17) is 4.74 Å². The van der Waals surface area contributed by atoms with Crippen LogP contribution in [0.3, 0.4) is 0 Å². The maximum absolute atomic E-state index is 5.21. The lowest BCUT2D eigenvalue weighted by Crippen LogP contribution is -2.42. The minimum Gasteiger partial charge on any atom is -0.497 e. The molecule has 20 heavy (non-hydrogen) atoms. The van der Waals surface area contributed by atoms with Crippen molar-refractivity contribution < 1.29 is 4.74 Å². The van der Waals surface area contributed by atoms with Crippen molar-refractivity contribution >= 4 is 0 Å². The Morgan fingerprint density at radius 1 is 1.25 bits per heavy atom. The van der Waals surface area contributed by atoms with Gasteiger partial charge in [-0.3, -0.25) is 0 Å². The van der Waals surface area contributed by atoms with Crippen LogP contribution in [-0.4, -0.2) is 38.7 Å². The van der Waals surface area contributed by atoms with E-state index in [1.54, 1.807) is 7.11 Å². The second kappa shape index (κ2) is 6.59. The molecule has 0 bridgehead atoms. The highest BCUT2D eigenvalue weighted by Gasteiger charge is 2.28. The summed E-state index contributed by atoms with van der Waals surface area (Å²) in [5, 5.41) is 3.70. The molecular formula is C17H28N2O. The first kappa shape index (κ1) is 15.3. The molecule has 0 spiro atoms. The molecule has 1 aromatic carbocycles. The van der Waals surface area contributed by atoms with Crippen molar-refractivity contribution in [1.82, 2.24) is 10.2 Å². The highest BCUT2D eigenvalue weighted by atomic mass is 16.5. The molecule has 1 heterocycles. The van der Waals surface area contributed by atoms with Crippen LogP contribution in [0.5, 0.6) is 5.75 Å². The second-order valence-electron chi connectivity index (χ2n) is 6.49. The van der Waals surface area contributed by atoms with Gasteiger partial charge in [0.15, 0.2) is 0 Å². The number of hydrogen-bond donors (Lipinski definition) is 1. The molecule has 1 aromatic rings. The molecule has 0 aliphatic carbocycles. The highest BCUT2D eigenvalue weighted by molar-refractivity contribution is 5.28. The lowest BCUT2D eigenvalue weighted by Gasteiger charge is -2.38. The summed E-state index contributed by atoms with van der Waals surface area (Å²) >= 11 is 0. The molecule has 3 nitrogen and oxygen atoms in total. The zero-order valence-corrected chi connectivity index (χ0v) is 13.3. The molecule has 1 fully saturated rings. The Bertz CT molecular complexity index is 408. The lowest BCUT2D eigenvalue weighted by atomic mass is 9.80. The van der Waals surface area contributed by atoms with Gasteiger partial charge in [0.25, 0.3) is 0 Å². The Labute approximate surface area is 123 Å². The summed E-state index contributed by atoms with van der Waals surface area (Å²) in [6, 6.07) is 8.74. The number of methoxy groups -OCH3 is 1. The maximum Gasteiger partial charge on any atom is 0.118 e. The van der Waals surface area contributed by atoms with Crippen molar-refractivity contribution in [3.8, 4) is 5.75 Å². The van der Waals surface area contributed by atoms with Crippen molar-refractivity contribution in [3.63, 3.8) is 0 Å². The molecule has 1 atom stereocenters. The fourth-order valence-electron chi connectivity index (χ4n) is 2.75. The number of nitrogens with zero attached hydrogens (tertiary/aromatic N) is 1. The van der Waals surface area contributed by atoms with E-state index >= 15 is 0 Å². The molecule has 3 heteroatoms. The van der Waals surface area contributed by atoms with Crippen LogP contribution in [0.1, 0.15) is 38.3 Å². The quantitative estimate of drug-likeness (QED) is 0.894. The lowest BCUT2D eigenvalue weighted by molar-refractivity contribution is 0.134. The van der Waals surface area contributed by atoms with Crippen LogP contribution in [0.25, 0.3) is 0 Å². The molecule has 1 unspecified atom stereocenters. The van der Waals surface area contributed by atoms with Crippen LogP contribution in [-0.2, 0) is 0 Å². The number of ether oxygens (including phenoxy) is 1. The SMILES string of the molecule is COc1ccc(C(C)NCC2(C)CCN(C)CC2)cc1. The Morgan fingerprint density at radius 3 is 2.40 bits per heavy atom. The Morgan fingerprint density at radius 2 is 1.85 bits per heavy atom. The molecule has 2 rings (SSSR count). The summed E-state index contributed by atoms with van der Waals surface area (Å²) < 4.78 is 5.21. The summed E-state index contributed by atoms with van der Waals surface area (Å²) in [4.78, 5) is 2.43. The predicted molar refractivity (Wildman–Crippen MR) is 84.2 cm³/mol. The number of likely N-dealkylation sites (tertiary alicyclic amines) is 1. The van der Waals surface area contributed by atoms with Gasteiger partial charge in [0.1, 0.15) is 5.75 Å². The molecule has 112 valence electrons. The van der Waals surface area contributed by atoms with E-state index in [1.807, 2.05) is 12.1 Å². The fraction of sp³-hybridized carbons (Fsp3) is 0.647. The van der Waals surface area contributed by atoms with Crippen LogP contribution >= 0.6 is 0 Å². The molecule has 0 amide bonds. The van der Waals surface area contributed by atoms with Crippen LogP contribution in [0.4, 0.5) is 0 Å². The molecule has 1 aliphatic heterocycles. The van der Waals surface area contributed by atoms with Crippen LogP contribution in [0, 0.1) is 5.41 Å². The molecule has 0 radical (unpaired) electrons. The number of piperidine rings is 1. The largest absolute Gasteiger partial charge is 0.497 e. The standard InChI is InChI=1S/C17H28N2O/c1-14(15-5-7-16(20-4)8-6-15)18-13-17(2)9-11-19(3)12-10-17/h5-8,14,18H,9-13H2,1-4H3. The van der Waals surface area contributed by atoms with Crippen molar-refractivity contribution in [3.05, 3.63) is 29.8 Å². The van der Waals surface area contributed by atoms with E-state index in [0.717, 1.165) is 12.3 Å². The van der Waals surface area contributed by atoms with Gasteiger partial charge in [-0.1, -0.05) is 19.1 Å². The van der Waals surface area contributed by atoms with Gasteiger partial charge in [-0.2, -0.15) is 0 Å². The Kier molecular flexibility index (Phi) is 5.06. The molecule has 0 saturated carbocycles. The van der Waals surface area contributed by atoms with Crippen LogP contribution < -0.4 is 10.1 Å². The average Bonchev–Trinajstić information content (AvgIpc) is 2.48. The minimum absolute atomic E-state index is 0.386. The zero-order valence-electron chi connectivity index (χ0n) is 13.3. The van der Waals surface area contributed by atoms with Gasteiger partial charge in [-0.05, 0) is 63.0 Å². The summed E-state index contributed by atoms with van der Waals surface area (Å²) in [7, 11) is 3.92. The van der Waals surface area contributed by atoms with E-state index in [1.165, 1.54) is 31.5 Å². The van der Waals surface area contributed by atoms with Crippen molar-refractivity contribution in [2.45, 2.75) is 32.7 Å². The fourth-order valence-corrected chi connectivity index (χ4v) is 2.75. The summed E-state index contributed by atoms with van der Waals surface area (Å²) in [6.45, 7) is 8.17. The molecular weight excluding hydrogens is 248 g/mol. The zero-order chi connectivity index (χ0) is 14.6. The van der Waals surface area contributed by atoms with Crippen molar-refractivity contribution in [2.75, 3.05) is 33.8 Å². The van der Waals surface area contributed by atoms with Gasteiger partial charge in [-0.15, -0.1) is 0 Å². The molecule has 0 aromatic heterocycles. The normalized spacial score (nSPS) is 20.6. The van der Waals surface area contributed by atoms with E-state index in [-0.39, 0.29) is 0 Å². The van der Waals surface area contributed by atoms with Crippen LogP contribution in [0.15, 0.2) is 24.3 Å². The van der Waals surface area contributed by atoms with E-state index in [0.29, 0.717) is 11.5 Å². The first-order chi connectivity index (χ1) is 9.52. The topological polar surface area (TPSA) is 24.5 Å². The first-order valence-corrected chi connectivity index (χ1v) is 7.58. The van der Waals surface area contributed by atoms with Gasteiger partial charge < -0.3 is 15.0 Å². The number of rotatable bonds is 5. The van der Waals surface area contributed by atoms with Gasteiger partial charge in [-0.25, -0.2) is 0 Å². The highest BCUT2D eigenvalue weighted by Crippen LogP contribution is 2.30. The van der Waals surface area contributed by atoms with Crippen LogP contribution in [0.2, 0.25) is 0 Å². The van der Waals surface area contributed by atoms with Gasteiger partial charge in [0, 0.05) is 12.6 Å². The minimum atomic E-state index is 0.386. The summed E-state index contributed by atoms with van der Waals surface area (Å²) in [6.07, 6.45) is 2.57. The van der Waals surface area contributed by atoms with E-state index < -0.39 is 0 Å². The van der Waals surface area contributed by atoms with E-state index in [9.17, 15) is 0 Å². The van der Waals surface area contributed by atoms with Crippen molar-refractivity contribution in [2.24, 2.45) is 5.41 Å². The van der Waals surface area contributed by atoms with Gasteiger partial charge in [0.2, 0.25) is 0 Å². The third kappa shape index (κ3) is 3.97. The number of benzene rings is 1. The third-order valence-corrected chi connectivity index (χ3v) is 4.64. The molecule has 1 aliphatic rings. The summed E-state index contributed by atoms with van der Waals surface area (Å²) in [5.41, 5.74) is 1.76. The van der Waals surface area contributed by atoms with E-state index in [2.05, 4.69) is 43.2 Å². The molecule has 1 saturated heterocycles. The summed E-state index contributed by atoms with van der Waals surface area (Å²) in [5.74, 6) is 0.920. The number of hydrogen-bond acceptors (Lipinski definition) is 3. The smallest absolute Gasteiger partial charge is 0.118 e. The number of nitrogens with one attached hydrogen (secondary N) is 1. The van der Waals surface area contributed by atoms with Crippen molar-refractivity contribution in [1.29, 1.82) is 0 Å². The first-order valence-electron chi connectivity index (χ1n) is 7.58.